The number of amides is 1. The van der Waals surface area contributed by atoms with Gasteiger partial charge >= 0.3 is 0 Å². The molecular formula is C11H18N4O2S2. The van der Waals surface area contributed by atoms with Crippen molar-refractivity contribution in [3.05, 3.63) is 4.88 Å². The van der Waals surface area contributed by atoms with Crippen LogP contribution >= 0.6 is 11.3 Å². The second kappa shape index (κ2) is 6.33. The SMILES string of the molecule is CS(=O)CCNC(=O)c1sc(N2CCCC2)nc1N. The summed E-state index contributed by atoms with van der Waals surface area (Å²) in [6, 6.07) is 0. The Morgan fingerprint density at radius 2 is 2.21 bits per heavy atom. The van der Waals surface area contributed by atoms with E-state index in [1.165, 1.54) is 11.3 Å². The summed E-state index contributed by atoms with van der Waals surface area (Å²) in [4.78, 5) is 18.8. The average molecular weight is 302 g/mol. The van der Waals surface area contributed by atoms with Crippen LogP contribution in [0.1, 0.15) is 22.5 Å². The molecule has 1 fully saturated rings. The monoisotopic (exact) mass is 302 g/mol. The van der Waals surface area contributed by atoms with E-state index in [1.54, 1.807) is 6.26 Å². The number of anilines is 2. The first-order valence-corrected chi connectivity index (χ1v) is 8.72. The number of thiazole rings is 1. The number of rotatable bonds is 5. The Balaban J connectivity index is 1.99. The van der Waals surface area contributed by atoms with Gasteiger partial charge in [0.15, 0.2) is 5.13 Å². The molecule has 0 aliphatic carbocycles. The first-order valence-electron chi connectivity index (χ1n) is 6.17. The lowest BCUT2D eigenvalue weighted by atomic mass is 10.4. The van der Waals surface area contributed by atoms with Gasteiger partial charge < -0.3 is 16.0 Å². The average Bonchev–Trinajstić information content (AvgIpc) is 2.96. The largest absolute Gasteiger partial charge is 0.382 e. The van der Waals surface area contributed by atoms with Crippen molar-refractivity contribution < 1.29 is 9.00 Å². The van der Waals surface area contributed by atoms with Gasteiger partial charge in [0.05, 0.1) is 0 Å². The summed E-state index contributed by atoms with van der Waals surface area (Å²) in [5.74, 6) is 0.497. The van der Waals surface area contributed by atoms with E-state index in [9.17, 15) is 9.00 Å². The molecule has 1 atom stereocenters. The number of hydrogen-bond donors (Lipinski definition) is 2. The minimum Gasteiger partial charge on any atom is -0.382 e. The zero-order valence-electron chi connectivity index (χ0n) is 10.8. The van der Waals surface area contributed by atoms with Gasteiger partial charge in [0, 0.05) is 42.4 Å². The van der Waals surface area contributed by atoms with Crippen molar-refractivity contribution in [1.29, 1.82) is 0 Å². The van der Waals surface area contributed by atoms with Gasteiger partial charge in [-0.2, -0.15) is 0 Å². The van der Waals surface area contributed by atoms with Crippen LogP contribution in [0, 0.1) is 0 Å². The number of aromatic nitrogens is 1. The molecule has 6 nitrogen and oxygen atoms in total. The highest BCUT2D eigenvalue weighted by atomic mass is 32.2. The number of nitrogens with zero attached hydrogens (tertiary/aromatic N) is 2. The Kier molecular flexibility index (Phi) is 4.76. The molecular weight excluding hydrogens is 284 g/mol. The van der Waals surface area contributed by atoms with Gasteiger partial charge in [0.1, 0.15) is 10.7 Å². The van der Waals surface area contributed by atoms with E-state index >= 15 is 0 Å². The van der Waals surface area contributed by atoms with Gasteiger partial charge in [-0.1, -0.05) is 11.3 Å². The molecule has 3 N–H and O–H groups in total. The van der Waals surface area contributed by atoms with Crippen molar-refractivity contribution in [2.24, 2.45) is 0 Å². The molecule has 1 aromatic rings. The molecule has 0 radical (unpaired) electrons. The maximum absolute atomic E-state index is 11.9. The summed E-state index contributed by atoms with van der Waals surface area (Å²) >= 11 is 1.33. The van der Waals surface area contributed by atoms with E-state index in [2.05, 4.69) is 15.2 Å². The molecule has 0 saturated carbocycles. The number of nitrogen functional groups attached to an aromatic ring is 1. The van der Waals surface area contributed by atoms with Gasteiger partial charge in [-0.3, -0.25) is 9.00 Å². The standard InChI is InChI=1S/C11H18N4O2S2/c1-19(17)7-4-13-10(16)8-9(12)14-11(18-8)15-5-2-3-6-15/h2-7,12H2,1H3,(H,13,16). The molecule has 2 heterocycles. The molecule has 0 bridgehead atoms. The zero-order valence-corrected chi connectivity index (χ0v) is 12.5. The first-order chi connectivity index (χ1) is 9.08. The summed E-state index contributed by atoms with van der Waals surface area (Å²) in [6.07, 6.45) is 3.92. The summed E-state index contributed by atoms with van der Waals surface area (Å²) in [7, 11) is -0.907. The molecule has 1 aliphatic rings. The van der Waals surface area contributed by atoms with Crippen LogP contribution in [0.15, 0.2) is 0 Å². The Bertz CT molecular complexity index is 483. The number of nitrogens with one attached hydrogen (secondary N) is 1. The first kappa shape index (κ1) is 14.3. The fraction of sp³-hybridized carbons (Fsp3) is 0.636. The van der Waals surface area contributed by atoms with E-state index in [4.69, 9.17) is 5.73 Å². The Morgan fingerprint density at radius 3 is 2.84 bits per heavy atom. The molecule has 106 valence electrons. The molecule has 8 heteroatoms. The summed E-state index contributed by atoms with van der Waals surface area (Å²) in [6.45, 7) is 2.34. The Hall–Kier alpha value is -1.15. The Morgan fingerprint density at radius 1 is 1.53 bits per heavy atom. The molecule has 2 rings (SSSR count). The zero-order chi connectivity index (χ0) is 13.8. The maximum Gasteiger partial charge on any atom is 0.265 e. The van der Waals surface area contributed by atoms with E-state index in [1.807, 2.05) is 0 Å². The minimum atomic E-state index is -0.907. The maximum atomic E-state index is 11.9. The lowest BCUT2D eigenvalue weighted by Gasteiger charge is -2.11. The molecule has 1 saturated heterocycles. The lowest BCUT2D eigenvalue weighted by Crippen LogP contribution is -2.27. The second-order valence-electron chi connectivity index (χ2n) is 4.44. The van der Waals surface area contributed by atoms with Crippen molar-refractivity contribution >= 4 is 39.0 Å². The van der Waals surface area contributed by atoms with E-state index < -0.39 is 10.8 Å². The van der Waals surface area contributed by atoms with Crippen LogP contribution in [0.3, 0.4) is 0 Å². The number of carbonyl (C=O) groups is 1. The second-order valence-corrected chi connectivity index (χ2v) is 6.97. The fourth-order valence-corrected chi connectivity index (χ4v) is 3.26. The van der Waals surface area contributed by atoms with Crippen LogP contribution in [-0.2, 0) is 10.8 Å². The topological polar surface area (TPSA) is 88.3 Å². The van der Waals surface area contributed by atoms with Crippen molar-refractivity contribution in [3.8, 4) is 0 Å². The lowest BCUT2D eigenvalue weighted by molar-refractivity contribution is 0.0961. The summed E-state index contributed by atoms with van der Waals surface area (Å²) < 4.78 is 10.9. The van der Waals surface area contributed by atoms with Crippen LogP contribution in [0.4, 0.5) is 10.9 Å². The van der Waals surface area contributed by atoms with Crippen LogP contribution in [0.5, 0.6) is 0 Å². The third kappa shape index (κ3) is 3.66. The van der Waals surface area contributed by atoms with Crippen LogP contribution in [0.25, 0.3) is 0 Å². The van der Waals surface area contributed by atoms with Crippen molar-refractivity contribution in [1.82, 2.24) is 10.3 Å². The van der Waals surface area contributed by atoms with E-state index in [0.717, 1.165) is 31.1 Å². The molecule has 19 heavy (non-hydrogen) atoms. The fourth-order valence-electron chi connectivity index (χ4n) is 1.92. The number of carbonyl (C=O) groups excluding carboxylic acids is 1. The smallest absolute Gasteiger partial charge is 0.265 e. The van der Waals surface area contributed by atoms with Crippen LogP contribution in [-0.4, -0.2) is 46.7 Å². The highest BCUT2D eigenvalue weighted by Gasteiger charge is 2.21. The van der Waals surface area contributed by atoms with Crippen LogP contribution < -0.4 is 16.0 Å². The van der Waals surface area contributed by atoms with E-state index in [-0.39, 0.29) is 11.7 Å². The van der Waals surface area contributed by atoms with Gasteiger partial charge in [0.2, 0.25) is 0 Å². The third-order valence-corrected chi connectivity index (χ3v) is 4.81. The molecule has 0 spiro atoms. The molecule has 1 amide bonds. The highest BCUT2D eigenvalue weighted by molar-refractivity contribution is 7.84. The molecule has 1 aromatic heterocycles. The predicted molar refractivity (Wildman–Crippen MR) is 79.2 cm³/mol. The Labute approximate surface area is 118 Å². The van der Waals surface area contributed by atoms with Gasteiger partial charge in [0.25, 0.3) is 5.91 Å². The van der Waals surface area contributed by atoms with Gasteiger partial charge in [-0.25, -0.2) is 4.98 Å². The predicted octanol–water partition coefficient (Wildman–Crippen LogP) is 0.434. The molecule has 1 aliphatic heterocycles. The highest BCUT2D eigenvalue weighted by Crippen LogP contribution is 2.30. The molecule has 0 aromatic carbocycles. The summed E-state index contributed by atoms with van der Waals surface area (Å²) in [5.41, 5.74) is 5.79. The third-order valence-electron chi connectivity index (χ3n) is 2.90. The quantitative estimate of drug-likeness (QED) is 0.823. The van der Waals surface area contributed by atoms with Crippen molar-refractivity contribution in [3.63, 3.8) is 0 Å². The van der Waals surface area contributed by atoms with Gasteiger partial charge in [-0.05, 0) is 12.8 Å². The summed E-state index contributed by atoms with van der Waals surface area (Å²) in [5, 5.41) is 3.53. The van der Waals surface area contributed by atoms with E-state index in [0.29, 0.717) is 17.2 Å². The van der Waals surface area contributed by atoms with Crippen LogP contribution in [0.2, 0.25) is 0 Å². The normalized spacial score (nSPS) is 16.6. The minimum absolute atomic E-state index is 0.231. The van der Waals surface area contributed by atoms with Crippen molar-refractivity contribution in [2.45, 2.75) is 12.8 Å². The molecule has 1 unspecified atom stereocenters. The van der Waals surface area contributed by atoms with Gasteiger partial charge in [-0.15, -0.1) is 0 Å². The number of nitrogens with two attached hydrogens (primary N) is 1. The number of hydrogen-bond acceptors (Lipinski definition) is 6. The van der Waals surface area contributed by atoms with Crippen molar-refractivity contribution in [2.75, 3.05) is 42.3 Å².